The van der Waals surface area contributed by atoms with E-state index >= 15 is 0 Å². The summed E-state index contributed by atoms with van der Waals surface area (Å²) in [7, 11) is 1.31. The van der Waals surface area contributed by atoms with Crippen LogP contribution in [0.3, 0.4) is 0 Å². The molecule has 0 saturated heterocycles. The van der Waals surface area contributed by atoms with Crippen LogP contribution in [0.15, 0.2) is 12.1 Å². The predicted molar refractivity (Wildman–Crippen MR) is 39.3 cm³/mol. The van der Waals surface area contributed by atoms with Crippen LogP contribution in [-0.2, 0) is 0 Å². The zero-order valence-corrected chi connectivity index (χ0v) is 6.34. The highest BCUT2D eigenvalue weighted by molar-refractivity contribution is 5.47. The highest BCUT2D eigenvalue weighted by Crippen LogP contribution is 2.30. The van der Waals surface area contributed by atoms with Crippen molar-refractivity contribution in [2.45, 2.75) is 0 Å². The van der Waals surface area contributed by atoms with Gasteiger partial charge in [-0.2, -0.15) is 5.26 Å². The fourth-order valence-electron chi connectivity index (χ4n) is 0.798. The number of benzene rings is 1. The Hall–Kier alpha value is -1.76. The Labute approximate surface area is 68.6 Å². The third-order valence-electron chi connectivity index (χ3n) is 1.42. The lowest BCUT2D eigenvalue weighted by atomic mass is 10.2. The van der Waals surface area contributed by atoms with Crippen LogP contribution in [0.1, 0.15) is 5.56 Å². The molecule has 62 valence electrons. The van der Waals surface area contributed by atoms with Gasteiger partial charge in [-0.05, 0) is 12.1 Å². The SMILES string of the molecule is COc1ccc(C#N)c(F)c1O. The van der Waals surface area contributed by atoms with E-state index in [2.05, 4.69) is 4.74 Å². The summed E-state index contributed by atoms with van der Waals surface area (Å²) in [5.74, 6) is -1.56. The predicted octanol–water partition coefficient (Wildman–Crippen LogP) is 1.41. The largest absolute Gasteiger partial charge is 0.502 e. The van der Waals surface area contributed by atoms with Gasteiger partial charge in [-0.1, -0.05) is 0 Å². The molecule has 1 aromatic rings. The average Bonchev–Trinajstić information content (AvgIpc) is 2.10. The first kappa shape index (κ1) is 8.34. The van der Waals surface area contributed by atoms with Crippen molar-refractivity contribution in [2.24, 2.45) is 0 Å². The second-order valence-corrected chi connectivity index (χ2v) is 2.09. The maximum Gasteiger partial charge on any atom is 0.195 e. The number of rotatable bonds is 1. The Morgan fingerprint density at radius 1 is 1.58 bits per heavy atom. The number of methoxy groups -OCH3 is 1. The highest BCUT2D eigenvalue weighted by atomic mass is 19.1. The minimum absolute atomic E-state index is 0.0199. The molecule has 0 heterocycles. The van der Waals surface area contributed by atoms with Gasteiger partial charge in [-0.3, -0.25) is 0 Å². The summed E-state index contributed by atoms with van der Waals surface area (Å²) in [6, 6.07) is 4.17. The maximum absolute atomic E-state index is 12.9. The molecule has 0 amide bonds. The summed E-state index contributed by atoms with van der Waals surface area (Å²) < 4.78 is 17.5. The molecule has 0 aliphatic rings. The van der Waals surface area contributed by atoms with Crippen molar-refractivity contribution < 1.29 is 14.2 Å². The van der Waals surface area contributed by atoms with Gasteiger partial charge in [0.05, 0.1) is 12.7 Å². The lowest BCUT2D eigenvalue weighted by molar-refractivity contribution is 0.356. The molecule has 0 radical (unpaired) electrons. The van der Waals surface area contributed by atoms with Gasteiger partial charge in [0.15, 0.2) is 17.3 Å². The molecule has 0 aliphatic carbocycles. The van der Waals surface area contributed by atoms with Crippen molar-refractivity contribution in [1.29, 1.82) is 5.26 Å². The minimum Gasteiger partial charge on any atom is -0.502 e. The van der Waals surface area contributed by atoms with Gasteiger partial charge in [0, 0.05) is 0 Å². The molecule has 0 unspecified atom stereocenters. The van der Waals surface area contributed by atoms with Crippen LogP contribution in [-0.4, -0.2) is 12.2 Å². The van der Waals surface area contributed by atoms with Crippen molar-refractivity contribution in [3.8, 4) is 17.6 Å². The molecule has 0 bridgehead atoms. The quantitative estimate of drug-likeness (QED) is 0.688. The Kier molecular flexibility index (Phi) is 2.15. The van der Waals surface area contributed by atoms with Crippen molar-refractivity contribution in [3.63, 3.8) is 0 Å². The summed E-state index contributed by atoms with van der Waals surface area (Å²) in [5.41, 5.74) is -0.201. The summed E-state index contributed by atoms with van der Waals surface area (Å²) in [5, 5.41) is 17.4. The van der Waals surface area contributed by atoms with Crippen molar-refractivity contribution in [1.82, 2.24) is 0 Å². The van der Waals surface area contributed by atoms with E-state index in [1.54, 1.807) is 6.07 Å². The van der Waals surface area contributed by atoms with Crippen LogP contribution in [0.2, 0.25) is 0 Å². The molecular weight excluding hydrogens is 161 g/mol. The summed E-state index contributed by atoms with van der Waals surface area (Å²) in [6.45, 7) is 0. The van der Waals surface area contributed by atoms with Crippen LogP contribution >= 0.6 is 0 Å². The number of ether oxygens (including phenoxy) is 1. The van der Waals surface area contributed by atoms with Crippen LogP contribution in [0.5, 0.6) is 11.5 Å². The van der Waals surface area contributed by atoms with Crippen molar-refractivity contribution in [2.75, 3.05) is 7.11 Å². The molecule has 4 heteroatoms. The second kappa shape index (κ2) is 3.09. The van der Waals surface area contributed by atoms with E-state index in [4.69, 9.17) is 10.4 Å². The van der Waals surface area contributed by atoms with Crippen LogP contribution in [0.25, 0.3) is 0 Å². The molecule has 0 spiro atoms. The number of hydrogen-bond donors (Lipinski definition) is 1. The number of aromatic hydroxyl groups is 1. The molecule has 1 aromatic carbocycles. The van der Waals surface area contributed by atoms with Crippen LogP contribution in [0.4, 0.5) is 4.39 Å². The third-order valence-corrected chi connectivity index (χ3v) is 1.42. The molecule has 1 N–H and O–H groups in total. The first-order valence-electron chi connectivity index (χ1n) is 3.16. The monoisotopic (exact) mass is 167 g/mol. The normalized spacial score (nSPS) is 9.08. The molecule has 12 heavy (non-hydrogen) atoms. The molecule has 1 rings (SSSR count). The molecule has 3 nitrogen and oxygen atoms in total. The van der Waals surface area contributed by atoms with Gasteiger partial charge in [0.1, 0.15) is 6.07 Å². The fraction of sp³-hybridized carbons (Fsp3) is 0.125. The molecule has 0 aliphatic heterocycles. The van der Waals surface area contributed by atoms with E-state index in [1.807, 2.05) is 0 Å². The van der Waals surface area contributed by atoms with E-state index in [0.717, 1.165) is 0 Å². The Morgan fingerprint density at radius 2 is 2.25 bits per heavy atom. The number of phenolic OH excluding ortho intramolecular Hbond substituents is 1. The van der Waals surface area contributed by atoms with Gasteiger partial charge < -0.3 is 9.84 Å². The molecule has 0 fully saturated rings. The first-order chi connectivity index (χ1) is 5.70. The Bertz CT molecular complexity index is 344. The first-order valence-corrected chi connectivity index (χ1v) is 3.16. The zero-order valence-electron chi connectivity index (χ0n) is 6.34. The van der Waals surface area contributed by atoms with Crippen LogP contribution in [0, 0.1) is 17.1 Å². The number of phenols is 1. The lowest BCUT2D eigenvalue weighted by Crippen LogP contribution is -1.89. The van der Waals surface area contributed by atoms with E-state index < -0.39 is 11.6 Å². The van der Waals surface area contributed by atoms with Gasteiger partial charge in [0.2, 0.25) is 0 Å². The second-order valence-electron chi connectivity index (χ2n) is 2.09. The minimum atomic E-state index is -0.947. The topological polar surface area (TPSA) is 53.2 Å². The number of nitrogens with zero attached hydrogens (tertiary/aromatic N) is 1. The van der Waals surface area contributed by atoms with Gasteiger partial charge >= 0.3 is 0 Å². The third kappa shape index (κ3) is 1.17. The van der Waals surface area contributed by atoms with Gasteiger partial charge in [0.25, 0.3) is 0 Å². The molecule has 0 aromatic heterocycles. The van der Waals surface area contributed by atoms with Crippen molar-refractivity contribution in [3.05, 3.63) is 23.5 Å². The Balaban J connectivity index is 3.32. The smallest absolute Gasteiger partial charge is 0.195 e. The number of nitriles is 1. The van der Waals surface area contributed by atoms with Crippen molar-refractivity contribution >= 4 is 0 Å². The van der Waals surface area contributed by atoms with Crippen LogP contribution < -0.4 is 4.74 Å². The summed E-state index contributed by atoms with van der Waals surface area (Å²) in [4.78, 5) is 0. The number of hydrogen-bond acceptors (Lipinski definition) is 3. The number of halogens is 1. The van der Waals surface area contributed by atoms with E-state index in [0.29, 0.717) is 0 Å². The fourth-order valence-corrected chi connectivity index (χ4v) is 0.798. The molecular formula is C8H6FNO2. The van der Waals surface area contributed by atoms with E-state index in [-0.39, 0.29) is 11.3 Å². The zero-order chi connectivity index (χ0) is 9.14. The summed E-state index contributed by atoms with van der Waals surface area (Å²) >= 11 is 0. The maximum atomic E-state index is 12.9. The molecule has 0 saturated carbocycles. The van der Waals surface area contributed by atoms with Gasteiger partial charge in [-0.15, -0.1) is 0 Å². The van der Waals surface area contributed by atoms with E-state index in [1.165, 1.54) is 19.2 Å². The summed E-state index contributed by atoms with van der Waals surface area (Å²) in [6.07, 6.45) is 0. The van der Waals surface area contributed by atoms with Gasteiger partial charge in [-0.25, -0.2) is 4.39 Å². The Morgan fingerprint density at radius 3 is 2.75 bits per heavy atom. The standard InChI is InChI=1S/C8H6FNO2/c1-12-6-3-2-5(4-10)7(9)8(6)11/h2-3,11H,1H3. The van der Waals surface area contributed by atoms with E-state index in [9.17, 15) is 4.39 Å². The molecule has 0 atom stereocenters. The average molecular weight is 167 g/mol. The lowest BCUT2D eigenvalue weighted by Gasteiger charge is -2.03. The highest BCUT2D eigenvalue weighted by Gasteiger charge is 2.11.